The number of ether oxygens (including phenoxy) is 2. The predicted molar refractivity (Wildman–Crippen MR) is 113 cm³/mol. The van der Waals surface area contributed by atoms with Gasteiger partial charge in [0.1, 0.15) is 35.7 Å². The number of likely N-dealkylation sites (N-methyl/N-ethyl adjacent to an activating group) is 1. The zero-order valence-electron chi connectivity index (χ0n) is 17.6. The average Bonchev–Trinajstić information content (AvgIpc) is 3.16. The summed E-state index contributed by atoms with van der Waals surface area (Å²) in [6, 6.07) is 2.11. The van der Waals surface area contributed by atoms with Crippen LogP contribution in [0.1, 0.15) is 33.1 Å². The van der Waals surface area contributed by atoms with E-state index in [1.807, 2.05) is 7.05 Å². The fraction of sp³-hybridized carbons (Fsp3) is 0.667. The monoisotopic (exact) mass is 435 g/mol. The van der Waals surface area contributed by atoms with E-state index in [4.69, 9.17) is 26.1 Å². The summed E-state index contributed by atoms with van der Waals surface area (Å²) in [7, 11) is 2.01. The van der Waals surface area contributed by atoms with E-state index in [-0.39, 0.29) is 17.6 Å². The molecule has 162 valence electrons. The van der Waals surface area contributed by atoms with Gasteiger partial charge in [0, 0.05) is 26.1 Å². The summed E-state index contributed by atoms with van der Waals surface area (Å²) in [5.41, 5.74) is 0.388. The lowest BCUT2D eigenvalue weighted by atomic mass is 9.95. The number of aromatic nitrogens is 3. The van der Waals surface area contributed by atoms with E-state index in [1.54, 1.807) is 6.07 Å². The second-order valence-corrected chi connectivity index (χ2v) is 9.46. The first-order chi connectivity index (χ1) is 14.4. The molecule has 30 heavy (non-hydrogen) atoms. The maximum absolute atomic E-state index is 14.1. The van der Waals surface area contributed by atoms with E-state index in [0.717, 1.165) is 30.6 Å². The fourth-order valence-electron chi connectivity index (χ4n) is 5.20. The standard InChI is InChI=1S/C21H27ClFN5O2/c1-12(2)15-10-29-19-17-14(7-16(22)25-19)24-20(26-18(17)27(15)3)30-11-21-5-4-6-28(21)9-13(23)8-21/h7,12-13,15H,4-6,8-11H2,1-3H3/t13-,15-,21+/m1/s1. The maximum atomic E-state index is 14.1. The van der Waals surface area contributed by atoms with Gasteiger partial charge >= 0.3 is 6.01 Å². The lowest BCUT2D eigenvalue weighted by Gasteiger charge is -2.31. The highest BCUT2D eigenvalue weighted by Crippen LogP contribution is 2.41. The Morgan fingerprint density at radius 3 is 3.00 bits per heavy atom. The van der Waals surface area contributed by atoms with E-state index >= 15 is 0 Å². The van der Waals surface area contributed by atoms with E-state index in [1.165, 1.54) is 0 Å². The quantitative estimate of drug-likeness (QED) is 0.681. The Morgan fingerprint density at radius 1 is 1.37 bits per heavy atom. The largest absolute Gasteiger partial charge is 0.475 e. The Labute approximate surface area is 180 Å². The van der Waals surface area contributed by atoms with Gasteiger partial charge in [-0.15, -0.1) is 0 Å². The molecule has 3 aliphatic rings. The van der Waals surface area contributed by atoms with Gasteiger partial charge < -0.3 is 14.4 Å². The number of fused-ring (bicyclic) bond motifs is 1. The molecular weight excluding hydrogens is 409 g/mol. The first-order valence-electron chi connectivity index (χ1n) is 10.6. The molecule has 3 aliphatic heterocycles. The Balaban J connectivity index is 1.52. The van der Waals surface area contributed by atoms with Crippen LogP contribution in [0.4, 0.5) is 10.2 Å². The van der Waals surface area contributed by atoms with Gasteiger partial charge in [-0.3, -0.25) is 4.90 Å². The third kappa shape index (κ3) is 3.24. The van der Waals surface area contributed by atoms with Crippen molar-refractivity contribution >= 4 is 28.3 Å². The van der Waals surface area contributed by atoms with Crippen molar-refractivity contribution in [1.29, 1.82) is 0 Å². The van der Waals surface area contributed by atoms with Crippen molar-refractivity contribution in [1.82, 2.24) is 19.9 Å². The molecule has 2 fully saturated rings. The predicted octanol–water partition coefficient (Wildman–Crippen LogP) is 3.49. The molecule has 0 aliphatic carbocycles. The van der Waals surface area contributed by atoms with Crippen LogP contribution in [0.5, 0.6) is 11.9 Å². The summed E-state index contributed by atoms with van der Waals surface area (Å²) >= 11 is 6.23. The number of nitrogens with zero attached hydrogens (tertiary/aromatic N) is 5. The first kappa shape index (κ1) is 20.0. The average molecular weight is 436 g/mol. The van der Waals surface area contributed by atoms with Crippen molar-refractivity contribution in [2.75, 3.05) is 38.3 Å². The van der Waals surface area contributed by atoms with Crippen LogP contribution in [-0.4, -0.2) is 71.0 Å². The molecule has 7 nitrogen and oxygen atoms in total. The molecule has 0 radical (unpaired) electrons. The van der Waals surface area contributed by atoms with Gasteiger partial charge in [0.15, 0.2) is 0 Å². The second kappa shape index (κ2) is 7.34. The first-order valence-corrected chi connectivity index (χ1v) is 11.0. The van der Waals surface area contributed by atoms with E-state index in [9.17, 15) is 4.39 Å². The highest BCUT2D eigenvalue weighted by atomic mass is 35.5. The molecule has 0 aromatic carbocycles. The topological polar surface area (TPSA) is 63.6 Å². The van der Waals surface area contributed by atoms with Gasteiger partial charge in [0.2, 0.25) is 5.88 Å². The third-order valence-corrected chi connectivity index (χ3v) is 6.99. The molecule has 2 aromatic rings. The van der Waals surface area contributed by atoms with Crippen LogP contribution >= 0.6 is 11.6 Å². The molecule has 0 unspecified atom stereocenters. The smallest absolute Gasteiger partial charge is 0.319 e. The zero-order valence-corrected chi connectivity index (χ0v) is 18.3. The van der Waals surface area contributed by atoms with Crippen molar-refractivity contribution in [3.8, 4) is 11.9 Å². The van der Waals surface area contributed by atoms with Crippen LogP contribution in [0.3, 0.4) is 0 Å². The highest BCUT2D eigenvalue weighted by Gasteiger charge is 2.49. The zero-order chi connectivity index (χ0) is 21.0. The van der Waals surface area contributed by atoms with Crippen molar-refractivity contribution in [3.63, 3.8) is 0 Å². The number of alkyl halides is 1. The number of pyridine rings is 1. The molecule has 2 saturated heterocycles. The molecule has 2 aromatic heterocycles. The van der Waals surface area contributed by atoms with Crippen LogP contribution in [0.2, 0.25) is 5.15 Å². The molecule has 0 N–H and O–H groups in total. The number of rotatable bonds is 4. The summed E-state index contributed by atoms with van der Waals surface area (Å²) in [6.07, 6.45) is 1.73. The molecule has 0 spiro atoms. The Morgan fingerprint density at radius 2 is 2.20 bits per heavy atom. The van der Waals surface area contributed by atoms with Crippen molar-refractivity contribution in [2.24, 2.45) is 5.92 Å². The summed E-state index contributed by atoms with van der Waals surface area (Å²) < 4.78 is 26.2. The molecule has 0 bridgehead atoms. The van der Waals surface area contributed by atoms with Crippen LogP contribution in [-0.2, 0) is 0 Å². The van der Waals surface area contributed by atoms with Gasteiger partial charge in [-0.1, -0.05) is 25.4 Å². The Bertz CT molecular complexity index is 976. The van der Waals surface area contributed by atoms with Crippen LogP contribution < -0.4 is 14.4 Å². The molecule has 0 amide bonds. The molecule has 0 saturated carbocycles. The number of hydrogen-bond acceptors (Lipinski definition) is 7. The van der Waals surface area contributed by atoms with Crippen LogP contribution in [0.15, 0.2) is 6.07 Å². The maximum Gasteiger partial charge on any atom is 0.319 e. The summed E-state index contributed by atoms with van der Waals surface area (Å²) in [5, 5.41) is 1.05. The van der Waals surface area contributed by atoms with Gasteiger partial charge in [-0.2, -0.15) is 9.97 Å². The minimum atomic E-state index is -0.793. The van der Waals surface area contributed by atoms with E-state index in [2.05, 4.69) is 33.6 Å². The third-order valence-electron chi connectivity index (χ3n) is 6.80. The number of anilines is 1. The van der Waals surface area contributed by atoms with Gasteiger partial charge in [-0.05, 0) is 25.3 Å². The molecule has 5 heterocycles. The lowest BCUT2D eigenvalue weighted by molar-refractivity contribution is 0.107. The molecule has 3 atom stereocenters. The normalized spacial score (nSPS) is 28.7. The van der Waals surface area contributed by atoms with E-state index < -0.39 is 6.17 Å². The fourth-order valence-corrected chi connectivity index (χ4v) is 5.38. The van der Waals surface area contributed by atoms with E-state index in [0.29, 0.717) is 48.6 Å². The van der Waals surface area contributed by atoms with Crippen molar-refractivity contribution in [2.45, 2.75) is 50.9 Å². The molecule has 5 rings (SSSR count). The van der Waals surface area contributed by atoms with Crippen molar-refractivity contribution in [3.05, 3.63) is 11.2 Å². The minimum Gasteiger partial charge on any atom is -0.475 e. The van der Waals surface area contributed by atoms with Crippen LogP contribution in [0, 0.1) is 5.92 Å². The molecular formula is C21H27ClFN5O2. The van der Waals surface area contributed by atoms with Gasteiger partial charge in [0.05, 0.1) is 17.1 Å². The number of halogens is 2. The second-order valence-electron chi connectivity index (χ2n) is 9.07. The van der Waals surface area contributed by atoms with Crippen molar-refractivity contribution < 1.29 is 13.9 Å². The van der Waals surface area contributed by atoms with Crippen LogP contribution in [0.25, 0.3) is 10.9 Å². The lowest BCUT2D eigenvalue weighted by Crippen LogP contribution is -2.43. The Kier molecular flexibility index (Phi) is 4.89. The van der Waals surface area contributed by atoms with Gasteiger partial charge in [0.25, 0.3) is 0 Å². The number of hydrogen-bond donors (Lipinski definition) is 0. The minimum absolute atomic E-state index is 0.120. The highest BCUT2D eigenvalue weighted by molar-refractivity contribution is 6.30. The summed E-state index contributed by atoms with van der Waals surface area (Å²) in [4.78, 5) is 18.0. The summed E-state index contributed by atoms with van der Waals surface area (Å²) in [6.45, 7) is 6.59. The summed E-state index contributed by atoms with van der Waals surface area (Å²) in [5.74, 6) is 1.52. The van der Waals surface area contributed by atoms with Gasteiger partial charge in [-0.25, -0.2) is 9.37 Å². The SMILES string of the molecule is CC(C)[C@H]1COc2nc(Cl)cc3nc(OC[C@@]45CCCN4C[C@H](F)C5)nc(c23)N1C. The molecule has 9 heteroatoms. The Hall–Kier alpha value is -1.93.